The summed E-state index contributed by atoms with van der Waals surface area (Å²) in [6.45, 7) is 23.0. The van der Waals surface area contributed by atoms with E-state index in [0.717, 1.165) is 77.8 Å². The van der Waals surface area contributed by atoms with Gasteiger partial charge in [0.25, 0.3) is 0 Å². The smallest absolute Gasteiger partial charge is 0.0134 e. The van der Waals surface area contributed by atoms with Crippen molar-refractivity contribution in [1.29, 1.82) is 21.0 Å². The summed E-state index contributed by atoms with van der Waals surface area (Å²) >= 11 is 2.11. The van der Waals surface area contributed by atoms with Gasteiger partial charge in [0.05, 0.1) is 88.1 Å². The van der Waals surface area contributed by atoms with E-state index in [1.165, 1.54) is 44.0 Å². The van der Waals surface area contributed by atoms with Gasteiger partial charge in [0.2, 0.25) is 11.9 Å². The van der Waals surface area contributed by atoms with Crippen LogP contribution in [-0.4, -0.2) is 47.4 Å². The zero-order valence-corrected chi connectivity index (χ0v) is 72.4. The number of halogens is 3. The first-order chi connectivity index (χ1) is 55.9. The van der Waals surface area contributed by atoms with Crippen LogP contribution < -0.4 is 53.1 Å². The molecule has 0 radical (unpaired) electrons. The normalized spacial score (nSPS) is 10.1. The van der Waals surface area contributed by atoms with E-state index in [4.69, 9.17) is 64.0 Å². The maximum absolute atomic E-state index is 9.07. The van der Waals surface area contributed by atoms with Crippen LogP contribution in [0.2, 0.25) is 0 Å². The summed E-state index contributed by atoms with van der Waals surface area (Å²) in [6.07, 6.45) is 6.47. The number of hydrogen-bond acceptors (Lipinski definition) is 16. The molecule has 12 rings (SSSR count). The number of nitrogens with zero attached hydrogens (tertiary/aromatic N) is 8. The Hall–Kier alpha value is -11.2. The Labute approximate surface area is 731 Å². The zero-order valence-electron chi connectivity index (χ0n) is 65.4. The molecule has 2 heterocycles. The monoisotopic (exact) mass is 1850 g/mol. The molecule has 0 atom stereocenters. The summed E-state index contributed by atoms with van der Waals surface area (Å²) in [6, 6.07) is 95.0. The minimum atomic E-state index is -0.446. The number of methoxy groups -OCH3 is 2. The first-order valence-corrected chi connectivity index (χ1v) is 43.9. The van der Waals surface area contributed by atoms with Gasteiger partial charge in [0.1, 0.15) is 17.4 Å². The van der Waals surface area contributed by atoms with Crippen LogP contribution >= 0.6 is 57.5 Å². The molecule has 0 unspecified atom stereocenters. The standard InChI is InChI=1S/C28H28N6O2.C24H21IN6O.2C18H15P.C5H10O.3CH4.2ClH.Pd/c1-6-36-20(4)25-24(17-35-5)32-28(31-23-11-9-21(16-30)10-12-23)34-27(25)33-26-18(2)14-22(8-7-13-29)15-19(26)3;1-15-11-18(5-4-10-26)12-16(2)22(15)30-23-21(25)20(14-32-3)29-24(31-23)28-19-8-6-17(13-27)7-9-19;2*1-4-10-16(11-5-1)19(17-12-6-2-7-13-17)18-14-8-3-9-15-18;1-4-6-5(2)3;;;;;;/h7-12,14-15H,4,6,17H2,1-3,5H3,(H2,31,32,33,34);4-9,11-12H,14H2,1-3H3,(H2,28,29,30,31);2*1-15H;2,4H2,1,3H3;3*1H4;2*1H;/q;;;;;;;;;;+2/p-2/b8-7+;5-4+;;;;;;;;;. The zero-order chi connectivity index (χ0) is 82.7. The van der Waals surface area contributed by atoms with E-state index < -0.39 is 15.8 Å². The third kappa shape index (κ3) is 31.7. The molecule has 0 saturated heterocycles. The first-order valence-electron chi connectivity index (χ1n) is 36.1. The van der Waals surface area contributed by atoms with Crippen molar-refractivity contribution in [3.8, 4) is 24.3 Å². The van der Waals surface area contributed by atoms with E-state index in [9.17, 15) is 0 Å². The van der Waals surface area contributed by atoms with Crippen molar-refractivity contribution in [2.45, 2.75) is 84.0 Å². The number of hydrogen-bond donors (Lipinski definition) is 4. The molecule has 118 heavy (non-hydrogen) atoms. The Morgan fingerprint density at radius 3 is 1.03 bits per heavy atom. The van der Waals surface area contributed by atoms with Crippen LogP contribution in [0.3, 0.4) is 0 Å². The van der Waals surface area contributed by atoms with E-state index >= 15 is 0 Å². The summed E-state index contributed by atoms with van der Waals surface area (Å²) in [5.41, 5.74) is 12.4. The topological polar surface area (TPSA) is 232 Å². The molecular weight excluding hydrogens is 1750 g/mol. The van der Waals surface area contributed by atoms with Crippen molar-refractivity contribution in [2.24, 2.45) is 0 Å². The molecule has 22 heteroatoms. The molecule has 12 aromatic rings. The fraction of sp³-hybridized carbons (Fsp3) is 0.167. The van der Waals surface area contributed by atoms with E-state index in [2.05, 4.69) is 266 Å². The van der Waals surface area contributed by atoms with E-state index in [0.29, 0.717) is 64.9 Å². The summed E-state index contributed by atoms with van der Waals surface area (Å²) in [7, 11) is 12.0. The SMILES string of the molecule is C.C.C.C=C(C)OCC.C=C(OCC)c1c(COC)nc(Nc2ccc(C#N)cc2)nc1Nc1c(C)cc(/C=C/C#N)cc1C.COCc1nc(Nc2ccc(C#N)cc2)nc(Nc2c(C)cc(/C=C/C#N)cc2C)c1I.[Cl][Pd][Cl].c1ccc(P(c2ccccc2)c2ccccc2)cc1.c1ccc(P(c2ccccc2)c2ccccc2)cc1. The summed E-state index contributed by atoms with van der Waals surface area (Å²) in [5.74, 6) is 3.17. The van der Waals surface area contributed by atoms with Gasteiger partial charge in [-0.1, -0.05) is 217 Å². The van der Waals surface area contributed by atoms with Gasteiger partial charge in [0.15, 0.2) is 0 Å². The second-order valence-electron chi connectivity index (χ2n) is 24.8. The number of nitriles is 4. The molecule has 10 aromatic carbocycles. The predicted molar refractivity (Wildman–Crippen MR) is 504 cm³/mol. The van der Waals surface area contributed by atoms with Gasteiger partial charge in [-0.2, -0.15) is 31.0 Å². The molecule has 0 amide bonds. The van der Waals surface area contributed by atoms with Crippen molar-refractivity contribution in [3.05, 3.63) is 351 Å². The Kier molecular flexibility index (Phi) is 46.0. The quantitative estimate of drug-likeness (QED) is 0.0137. The largest absolute Gasteiger partial charge is 0.0622 e. The van der Waals surface area contributed by atoms with Crippen LogP contribution in [0.15, 0.2) is 286 Å². The van der Waals surface area contributed by atoms with Crippen molar-refractivity contribution < 1.29 is 34.9 Å². The van der Waals surface area contributed by atoms with E-state index in [1.54, 1.807) is 62.8 Å². The molecule has 0 saturated carbocycles. The Balaban J connectivity index is 0.000000325. The number of aromatic nitrogens is 4. The van der Waals surface area contributed by atoms with Gasteiger partial charge in [-0.3, -0.25) is 0 Å². The predicted octanol–water partition coefficient (Wildman–Crippen LogP) is 23.6. The van der Waals surface area contributed by atoms with Crippen LogP contribution in [0.5, 0.6) is 0 Å². The maximum atomic E-state index is 9.07. The number of ether oxygens (including phenoxy) is 4. The van der Waals surface area contributed by atoms with Crippen molar-refractivity contribution in [2.75, 3.05) is 48.7 Å². The van der Waals surface area contributed by atoms with Crippen molar-refractivity contribution in [1.82, 2.24) is 19.9 Å². The van der Waals surface area contributed by atoms with Crippen LogP contribution in [0.25, 0.3) is 17.9 Å². The molecule has 0 aliphatic rings. The number of benzene rings is 10. The summed E-state index contributed by atoms with van der Waals surface area (Å²) in [4.78, 5) is 18.7. The molecule has 0 aliphatic carbocycles. The van der Waals surface area contributed by atoms with Crippen LogP contribution in [0, 0.1) is 76.6 Å². The van der Waals surface area contributed by atoms with Crippen molar-refractivity contribution >= 4 is 154 Å². The van der Waals surface area contributed by atoms with Gasteiger partial charge in [-0.25, -0.2) is 9.97 Å². The maximum Gasteiger partial charge on any atom is -0.0134 e. The summed E-state index contributed by atoms with van der Waals surface area (Å²) in [5, 5.41) is 57.4. The molecule has 4 N–H and O–H groups in total. The second-order valence-corrected chi connectivity index (χ2v) is 32.7. The van der Waals surface area contributed by atoms with Gasteiger partial charge in [-0.15, -0.1) is 0 Å². The molecule has 0 spiro atoms. The molecule has 0 fully saturated rings. The molecule has 0 aliphatic heterocycles. The second kappa shape index (κ2) is 54.7. The Morgan fingerprint density at radius 2 is 0.746 bits per heavy atom. The third-order valence-corrected chi connectivity index (χ3v) is 22.4. The fourth-order valence-electron chi connectivity index (χ4n) is 11.5. The Bertz CT molecular complexity index is 4960. The van der Waals surface area contributed by atoms with Gasteiger partial charge in [-0.05, 0) is 237 Å². The number of anilines is 8. The van der Waals surface area contributed by atoms with Crippen molar-refractivity contribution in [3.63, 3.8) is 0 Å². The number of rotatable bonds is 25. The fourth-order valence-corrected chi connectivity index (χ4v) is 16.6. The van der Waals surface area contributed by atoms with E-state index in [1.807, 2.05) is 97.0 Å². The molecule has 0 bridgehead atoms. The average Bonchev–Trinajstić information content (AvgIpc) is 0.794. The number of nitrogens with one attached hydrogen (secondary N) is 4. The molecule has 16 nitrogen and oxygen atoms in total. The van der Waals surface area contributed by atoms with E-state index in [-0.39, 0.29) is 44.8 Å². The number of aryl methyl sites for hydroxylation is 4. The first kappa shape index (κ1) is 99.2. The van der Waals surface area contributed by atoms with Gasteiger partial charge < -0.3 is 40.2 Å². The number of allylic oxidation sites excluding steroid dienone is 3. The average molecular weight is 1850 g/mol. The summed E-state index contributed by atoms with van der Waals surface area (Å²) < 4.78 is 22.2. The molecular formula is C96H101Cl2IN12O4P2Pd. The van der Waals surface area contributed by atoms with Gasteiger partial charge >= 0.3 is 35.0 Å². The minimum Gasteiger partial charge on any atom is -0.0622 e. The molecule has 610 valence electrons. The Morgan fingerprint density at radius 1 is 0.449 bits per heavy atom. The van der Waals surface area contributed by atoms with Crippen LogP contribution in [-0.2, 0) is 48.1 Å². The van der Waals surface area contributed by atoms with Crippen LogP contribution in [0.4, 0.5) is 46.3 Å². The third-order valence-electron chi connectivity index (χ3n) is 16.4. The van der Waals surface area contributed by atoms with Crippen LogP contribution in [0.1, 0.15) is 105 Å². The minimum absolute atomic E-state index is 0. The van der Waals surface area contributed by atoms with Gasteiger partial charge in [0, 0.05) is 49.1 Å². The molecule has 2 aromatic heterocycles.